The van der Waals surface area contributed by atoms with Crippen LogP contribution in [-0.2, 0) is 17.8 Å². The van der Waals surface area contributed by atoms with Crippen molar-refractivity contribution in [1.82, 2.24) is 5.16 Å². The van der Waals surface area contributed by atoms with Crippen LogP contribution in [-0.4, -0.2) is 22.6 Å². The first-order valence-electron chi connectivity index (χ1n) is 11.6. The first-order chi connectivity index (χ1) is 17.8. The predicted molar refractivity (Wildman–Crippen MR) is 128 cm³/mol. The fraction of sp³-hybridized carbons (Fsp3) is 0.214. The molecule has 9 heteroatoms. The van der Waals surface area contributed by atoms with Crippen LogP contribution < -0.4 is 9.47 Å². The van der Waals surface area contributed by atoms with Crippen molar-refractivity contribution in [2.75, 3.05) is 0 Å². The molecule has 4 aromatic rings. The van der Waals surface area contributed by atoms with E-state index in [2.05, 4.69) is 9.89 Å². The van der Waals surface area contributed by atoms with Crippen LogP contribution in [0.2, 0.25) is 0 Å². The van der Waals surface area contributed by atoms with Gasteiger partial charge in [-0.15, -0.1) is 13.2 Å². The number of carboxylic acids is 1. The normalized spacial score (nSPS) is 13.4. The number of carboxylic acid groups (broad SMARTS) is 1. The Morgan fingerprint density at radius 2 is 1.62 bits per heavy atom. The Bertz CT molecular complexity index is 1390. The van der Waals surface area contributed by atoms with Crippen molar-refractivity contribution in [1.29, 1.82) is 0 Å². The summed E-state index contributed by atoms with van der Waals surface area (Å²) in [4.78, 5) is 10.9. The van der Waals surface area contributed by atoms with Gasteiger partial charge in [0.2, 0.25) is 0 Å². The predicted octanol–water partition coefficient (Wildman–Crippen LogP) is 6.99. The molecule has 0 aliphatic heterocycles. The highest BCUT2D eigenvalue weighted by molar-refractivity contribution is 5.72. The van der Waals surface area contributed by atoms with Gasteiger partial charge in [0.1, 0.15) is 29.6 Å². The Hall–Kier alpha value is -4.27. The number of hydrogen-bond acceptors (Lipinski definition) is 5. The van der Waals surface area contributed by atoms with Crippen molar-refractivity contribution in [3.8, 4) is 33.9 Å². The first kappa shape index (κ1) is 24.4. The third-order valence-corrected chi connectivity index (χ3v) is 6.01. The average Bonchev–Trinajstić information content (AvgIpc) is 3.62. The molecule has 0 bridgehead atoms. The van der Waals surface area contributed by atoms with Crippen LogP contribution in [0.4, 0.5) is 13.2 Å². The third kappa shape index (κ3) is 5.94. The summed E-state index contributed by atoms with van der Waals surface area (Å²) in [5, 5.41) is 13.0. The van der Waals surface area contributed by atoms with Crippen molar-refractivity contribution in [3.05, 3.63) is 89.7 Å². The van der Waals surface area contributed by atoms with E-state index in [4.69, 9.17) is 14.4 Å². The summed E-state index contributed by atoms with van der Waals surface area (Å²) in [6.45, 7) is 0.0637. The molecular formula is C28H22F3NO5. The van der Waals surface area contributed by atoms with Crippen LogP contribution >= 0.6 is 0 Å². The minimum absolute atomic E-state index is 0.0342. The highest BCUT2D eigenvalue weighted by atomic mass is 19.4. The SMILES string of the molecule is O=C(O)Cc1ccc(-c2ccc(OCc3c(-c4ccccc4OC(F)(F)F)noc3C3CC3)cc2)cc1. The van der Waals surface area contributed by atoms with Gasteiger partial charge in [-0.2, -0.15) is 0 Å². The molecule has 37 heavy (non-hydrogen) atoms. The van der Waals surface area contributed by atoms with E-state index < -0.39 is 12.3 Å². The van der Waals surface area contributed by atoms with Gasteiger partial charge in [-0.25, -0.2) is 0 Å². The van der Waals surface area contributed by atoms with E-state index in [0.29, 0.717) is 17.1 Å². The molecule has 0 radical (unpaired) electrons. The van der Waals surface area contributed by atoms with Crippen molar-refractivity contribution < 1.29 is 37.1 Å². The van der Waals surface area contributed by atoms with Crippen molar-refractivity contribution in [3.63, 3.8) is 0 Å². The molecule has 1 aliphatic carbocycles. The van der Waals surface area contributed by atoms with Gasteiger partial charge in [0.05, 0.1) is 12.0 Å². The monoisotopic (exact) mass is 509 g/mol. The molecule has 0 unspecified atom stereocenters. The standard InChI is InChI=1S/C28H22F3NO5/c29-28(30,31)36-24-4-2-1-3-22(24)26-23(27(37-32-26)20-9-10-20)16-35-21-13-11-19(12-14-21)18-7-5-17(6-8-18)15-25(33)34/h1-8,11-14,20H,9-10,15-16H2,(H,33,34). The lowest BCUT2D eigenvalue weighted by Gasteiger charge is -2.13. The number of benzene rings is 3. The lowest BCUT2D eigenvalue weighted by atomic mass is 10.0. The minimum Gasteiger partial charge on any atom is -0.489 e. The number of ether oxygens (including phenoxy) is 2. The third-order valence-electron chi connectivity index (χ3n) is 6.01. The van der Waals surface area contributed by atoms with Crippen LogP contribution in [0.25, 0.3) is 22.4 Å². The van der Waals surface area contributed by atoms with Crippen LogP contribution in [0, 0.1) is 0 Å². The number of carbonyl (C=O) groups is 1. The zero-order chi connectivity index (χ0) is 26.0. The van der Waals surface area contributed by atoms with Gasteiger partial charge in [0.25, 0.3) is 0 Å². The van der Waals surface area contributed by atoms with Gasteiger partial charge >= 0.3 is 12.3 Å². The second kappa shape index (κ2) is 10.0. The zero-order valence-electron chi connectivity index (χ0n) is 19.5. The average molecular weight is 509 g/mol. The van der Waals surface area contributed by atoms with E-state index in [0.717, 1.165) is 29.5 Å². The molecule has 5 rings (SSSR count). The number of halogens is 3. The van der Waals surface area contributed by atoms with Gasteiger partial charge in [-0.3, -0.25) is 4.79 Å². The van der Waals surface area contributed by atoms with Crippen molar-refractivity contribution >= 4 is 5.97 Å². The Balaban J connectivity index is 1.35. The van der Waals surface area contributed by atoms with E-state index in [1.54, 1.807) is 30.3 Å². The topological polar surface area (TPSA) is 81.8 Å². The maximum Gasteiger partial charge on any atom is 0.573 e. The first-order valence-corrected chi connectivity index (χ1v) is 11.6. The molecule has 1 fully saturated rings. The van der Waals surface area contributed by atoms with Crippen molar-refractivity contribution in [2.24, 2.45) is 0 Å². The second-order valence-electron chi connectivity index (χ2n) is 8.77. The molecule has 0 amide bonds. The molecule has 3 aromatic carbocycles. The fourth-order valence-corrected chi connectivity index (χ4v) is 4.10. The maximum atomic E-state index is 13.0. The van der Waals surface area contributed by atoms with E-state index in [1.807, 2.05) is 24.3 Å². The number of para-hydroxylation sites is 1. The largest absolute Gasteiger partial charge is 0.573 e. The number of nitrogens with zero attached hydrogens (tertiary/aromatic N) is 1. The molecule has 0 saturated heterocycles. The summed E-state index contributed by atoms with van der Waals surface area (Å²) >= 11 is 0. The highest BCUT2D eigenvalue weighted by Gasteiger charge is 2.35. The Morgan fingerprint density at radius 1 is 0.973 bits per heavy atom. The van der Waals surface area contributed by atoms with Gasteiger partial charge < -0.3 is 19.1 Å². The summed E-state index contributed by atoms with van der Waals surface area (Å²) in [6, 6.07) is 20.5. The number of alkyl halides is 3. The quantitative estimate of drug-likeness (QED) is 0.262. The number of rotatable bonds is 9. The van der Waals surface area contributed by atoms with Crippen LogP contribution in [0.15, 0.2) is 77.3 Å². The minimum atomic E-state index is -4.84. The molecule has 190 valence electrons. The molecule has 1 aliphatic rings. The summed E-state index contributed by atoms with van der Waals surface area (Å²) in [7, 11) is 0. The smallest absolute Gasteiger partial charge is 0.489 e. The fourth-order valence-electron chi connectivity index (χ4n) is 4.10. The molecule has 1 N–H and O–H groups in total. The Kier molecular flexibility index (Phi) is 6.60. The molecule has 0 spiro atoms. The lowest BCUT2D eigenvalue weighted by Crippen LogP contribution is -2.17. The van der Waals surface area contributed by atoms with E-state index >= 15 is 0 Å². The van der Waals surface area contributed by atoms with E-state index in [1.165, 1.54) is 18.2 Å². The molecule has 0 atom stereocenters. The second-order valence-corrected chi connectivity index (χ2v) is 8.77. The molecule has 6 nitrogen and oxygen atoms in total. The number of aliphatic carboxylic acids is 1. The number of hydrogen-bond donors (Lipinski definition) is 1. The van der Waals surface area contributed by atoms with Crippen LogP contribution in [0.3, 0.4) is 0 Å². The lowest BCUT2D eigenvalue weighted by molar-refractivity contribution is -0.274. The van der Waals surface area contributed by atoms with E-state index in [9.17, 15) is 18.0 Å². The zero-order valence-corrected chi connectivity index (χ0v) is 19.5. The number of aromatic nitrogens is 1. The Labute approximate surface area is 210 Å². The van der Waals surface area contributed by atoms with Gasteiger partial charge in [-0.05, 0) is 53.8 Å². The summed E-state index contributed by atoms with van der Waals surface area (Å²) in [5.74, 6) is 0.119. The van der Waals surface area contributed by atoms with Gasteiger partial charge in [-0.1, -0.05) is 53.7 Å². The van der Waals surface area contributed by atoms with Crippen LogP contribution in [0.5, 0.6) is 11.5 Å². The highest BCUT2D eigenvalue weighted by Crippen LogP contribution is 2.45. The summed E-state index contributed by atoms with van der Waals surface area (Å²) < 4.78 is 54.7. The van der Waals surface area contributed by atoms with Crippen molar-refractivity contribution in [2.45, 2.75) is 38.1 Å². The van der Waals surface area contributed by atoms with E-state index in [-0.39, 0.29) is 36.0 Å². The maximum absolute atomic E-state index is 13.0. The molecule has 1 aromatic heterocycles. The summed E-state index contributed by atoms with van der Waals surface area (Å²) in [5.41, 5.74) is 3.61. The molecule has 1 saturated carbocycles. The van der Waals surface area contributed by atoms with Gasteiger partial charge in [0, 0.05) is 11.5 Å². The Morgan fingerprint density at radius 3 is 2.24 bits per heavy atom. The van der Waals surface area contributed by atoms with Gasteiger partial charge in [0.15, 0.2) is 0 Å². The summed E-state index contributed by atoms with van der Waals surface area (Å²) in [6.07, 6.45) is -3.04. The molecule has 1 heterocycles. The van der Waals surface area contributed by atoms with Crippen LogP contribution in [0.1, 0.15) is 35.6 Å². The molecular weight excluding hydrogens is 487 g/mol.